The second-order valence-electron chi connectivity index (χ2n) is 9.27. The number of imidazole rings is 1. The molecule has 3 aromatic heterocycles. The summed E-state index contributed by atoms with van der Waals surface area (Å²) < 4.78 is 9.26. The van der Waals surface area contributed by atoms with Crippen LogP contribution in [0.15, 0.2) is 47.3 Å². The molecule has 178 valence electrons. The number of hydrogen-bond acceptors (Lipinski definition) is 4. The summed E-state index contributed by atoms with van der Waals surface area (Å²) in [6.07, 6.45) is 4.10. The molecule has 1 aliphatic heterocycles. The molecule has 7 nitrogen and oxygen atoms in total. The summed E-state index contributed by atoms with van der Waals surface area (Å²) in [5.41, 5.74) is 4.66. The summed E-state index contributed by atoms with van der Waals surface area (Å²) in [5, 5.41) is 0. The zero-order chi connectivity index (χ0) is 23.7. The van der Waals surface area contributed by atoms with Gasteiger partial charge >= 0.3 is 0 Å². The van der Waals surface area contributed by atoms with Crippen LogP contribution in [0.4, 0.5) is 0 Å². The number of methoxy groups -OCH3 is 1. The van der Waals surface area contributed by atoms with Gasteiger partial charge in [-0.05, 0) is 63.4 Å². The maximum atomic E-state index is 13.6. The fourth-order valence-corrected chi connectivity index (χ4v) is 5.41. The zero-order valence-corrected chi connectivity index (χ0v) is 20.4. The summed E-state index contributed by atoms with van der Waals surface area (Å²) in [7, 11) is 1.62. The number of fused-ring (bicyclic) bond motifs is 3. The largest absolute Gasteiger partial charge is 0.469 e. The molecule has 1 aliphatic rings. The molecule has 7 heteroatoms. The molecule has 0 unspecified atom stereocenters. The molecule has 4 heterocycles. The lowest BCUT2D eigenvalue weighted by atomic mass is 9.89. The minimum absolute atomic E-state index is 0.0377. The van der Waals surface area contributed by atoms with Crippen molar-refractivity contribution in [2.24, 2.45) is 0 Å². The number of ether oxygens (including phenoxy) is 1. The molecule has 0 spiro atoms. The van der Waals surface area contributed by atoms with Gasteiger partial charge in [-0.25, -0.2) is 0 Å². The highest BCUT2D eigenvalue weighted by Gasteiger charge is 2.25. The predicted octanol–water partition coefficient (Wildman–Crippen LogP) is 3.61. The van der Waals surface area contributed by atoms with Crippen molar-refractivity contribution in [2.75, 3.05) is 26.7 Å². The van der Waals surface area contributed by atoms with Crippen LogP contribution in [0.2, 0.25) is 0 Å². The lowest BCUT2D eigenvalue weighted by molar-refractivity contribution is -0.495. The standard InChI is InChI=1S/C27H33N5O2/c1-4-23-28-19(2)25-27(33)31(22-11-12-24(34-3)29-26(22)32(23)25)16-8-15-30-17-13-21(14-18-30)20-9-6-5-7-10-20/h5-7,9-12,21H,4,8,13-18H2,1-3H3/p+1. The van der Waals surface area contributed by atoms with E-state index >= 15 is 0 Å². The molecule has 0 amide bonds. The number of aryl methyl sites for hydroxylation is 3. The highest BCUT2D eigenvalue weighted by atomic mass is 16.5. The Labute approximate surface area is 200 Å². The molecule has 1 fully saturated rings. The summed E-state index contributed by atoms with van der Waals surface area (Å²) in [6.45, 7) is 7.93. The first kappa shape index (κ1) is 22.6. The summed E-state index contributed by atoms with van der Waals surface area (Å²) in [5.74, 6) is 2.19. The Bertz CT molecular complexity index is 1350. The molecule has 0 atom stereocenters. The maximum Gasteiger partial charge on any atom is 0.296 e. The second kappa shape index (κ2) is 9.58. The third-order valence-corrected chi connectivity index (χ3v) is 7.22. The quantitative estimate of drug-likeness (QED) is 0.428. The van der Waals surface area contributed by atoms with E-state index in [2.05, 4.69) is 47.1 Å². The van der Waals surface area contributed by atoms with Gasteiger partial charge in [0, 0.05) is 19.0 Å². The van der Waals surface area contributed by atoms with E-state index in [0.29, 0.717) is 23.9 Å². The van der Waals surface area contributed by atoms with Crippen LogP contribution in [0.5, 0.6) is 5.88 Å². The number of nitrogens with one attached hydrogen (secondary N) is 1. The van der Waals surface area contributed by atoms with Crippen LogP contribution in [0.3, 0.4) is 0 Å². The van der Waals surface area contributed by atoms with Crippen molar-refractivity contribution in [3.8, 4) is 5.88 Å². The number of nitrogens with zero attached hydrogens (tertiary/aromatic N) is 4. The predicted molar refractivity (Wildman–Crippen MR) is 134 cm³/mol. The minimum atomic E-state index is 0.0377. The van der Waals surface area contributed by atoms with Crippen LogP contribution in [0.1, 0.15) is 49.2 Å². The first-order valence-electron chi connectivity index (χ1n) is 12.4. The molecular formula is C27H34N5O2+. The topological polar surface area (TPSA) is 67.2 Å². The fourth-order valence-electron chi connectivity index (χ4n) is 5.41. The van der Waals surface area contributed by atoms with E-state index in [0.717, 1.165) is 55.2 Å². The fraction of sp³-hybridized carbons (Fsp3) is 0.444. The van der Waals surface area contributed by atoms with E-state index in [9.17, 15) is 4.79 Å². The Morgan fingerprint density at radius 3 is 2.59 bits per heavy atom. The third kappa shape index (κ3) is 4.09. The van der Waals surface area contributed by atoms with Gasteiger partial charge in [-0.15, -0.1) is 0 Å². The van der Waals surface area contributed by atoms with Gasteiger partial charge in [-0.2, -0.15) is 4.40 Å². The number of hydrogen-bond donors (Lipinski definition) is 1. The van der Waals surface area contributed by atoms with Crippen LogP contribution in [0.25, 0.3) is 16.7 Å². The maximum absolute atomic E-state index is 13.6. The molecule has 4 aromatic rings. The second-order valence-corrected chi connectivity index (χ2v) is 9.27. The van der Waals surface area contributed by atoms with Gasteiger partial charge in [0.2, 0.25) is 11.3 Å². The summed E-state index contributed by atoms with van der Waals surface area (Å²) in [6, 6.07) is 14.7. The van der Waals surface area contributed by atoms with Gasteiger partial charge < -0.3 is 9.64 Å². The molecule has 0 aliphatic carbocycles. The number of pyridine rings is 1. The molecular weight excluding hydrogens is 426 g/mol. The molecule has 1 saturated heterocycles. The molecule has 1 aromatic carbocycles. The zero-order valence-electron chi connectivity index (χ0n) is 20.4. The smallest absolute Gasteiger partial charge is 0.296 e. The average Bonchev–Trinajstić information content (AvgIpc) is 3.23. The summed E-state index contributed by atoms with van der Waals surface area (Å²) in [4.78, 5) is 24.2. The monoisotopic (exact) mass is 460 g/mol. The van der Waals surface area contributed by atoms with Gasteiger partial charge in [-0.3, -0.25) is 14.3 Å². The van der Waals surface area contributed by atoms with E-state index in [-0.39, 0.29) is 5.56 Å². The Kier molecular flexibility index (Phi) is 6.37. The van der Waals surface area contributed by atoms with Crippen molar-refractivity contribution >= 4 is 16.7 Å². The van der Waals surface area contributed by atoms with Gasteiger partial charge in [0.25, 0.3) is 17.1 Å². The number of benzene rings is 1. The van der Waals surface area contributed by atoms with Crippen molar-refractivity contribution in [3.63, 3.8) is 0 Å². The van der Waals surface area contributed by atoms with Crippen molar-refractivity contribution in [1.29, 1.82) is 0 Å². The van der Waals surface area contributed by atoms with E-state index in [1.54, 1.807) is 7.11 Å². The normalized spacial score (nSPS) is 15.4. The van der Waals surface area contributed by atoms with Gasteiger partial charge in [0.05, 0.1) is 7.11 Å². The number of aromatic amines is 1. The Morgan fingerprint density at radius 1 is 1.12 bits per heavy atom. The van der Waals surface area contributed by atoms with E-state index in [1.807, 2.05) is 28.0 Å². The highest BCUT2D eigenvalue weighted by molar-refractivity contribution is 5.70. The lowest BCUT2D eigenvalue weighted by Gasteiger charge is -2.32. The molecule has 0 radical (unpaired) electrons. The highest BCUT2D eigenvalue weighted by Crippen LogP contribution is 2.27. The number of piperidine rings is 1. The van der Waals surface area contributed by atoms with E-state index in [1.165, 1.54) is 18.4 Å². The molecule has 0 bridgehead atoms. The van der Waals surface area contributed by atoms with Crippen LogP contribution < -0.4 is 14.7 Å². The molecule has 34 heavy (non-hydrogen) atoms. The third-order valence-electron chi connectivity index (χ3n) is 7.22. The van der Waals surface area contributed by atoms with E-state index < -0.39 is 0 Å². The van der Waals surface area contributed by atoms with Crippen LogP contribution >= 0.6 is 0 Å². The SMILES string of the molecule is CCc1[nH]c(C)c2c(=O)n(CCCN3CCC(c4ccccc4)CC3)c3ccc(OC)nc3[n+]12. The molecule has 1 N–H and O–H groups in total. The number of H-pyrrole nitrogens is 1. The number of rotatable bonds is 7. The molecule has 5 rings (SSSR count). The minimum Gasteiger partial charge on any atom is -0.469 e. The van der Waals surface area contributed by atoms with Crippen LogP contribution in [0, 0.1) is 6.92 Å². The molecule has 0 saturated carbocycles. The average molecular weight is 461 g/mol. The van der Waals surface area contributed by atoms with E-state index in [4.69, 9.17) is 9.72 Å². The van der Waals surface area contributed by atoms with Crippen molar-refractivity contribution in [3.05, 3.63) is 69.9 Å². The first-order valence-corrected chi connectivity index (χ1v) is 12.4. The van der Waals surface area contributed by atoms with Crippen LogP contribution in [-0.2, 0) is 13.0 Å². The van der Waals surface area contributed by atoms with Crippen molar-refractivity contribution < 1.29 is 9.14 Å². The number of likely N-dealkylation sites (tertiary alicyclic amines) is 1. The van der Waals surface area contributed by atoms with Crippen molar-refractivity contribution in [1.82, 2.24) is 19.4 Å². The van der Waals surface area contributed by atoms with Gasteiger partial charge in [0.15, 0.2) is 0 Å². The first-order chi connectivity index (χ1) is 16.6. The summed E-state index contributed by atoms with van der Waals surface area (Å²) >= 11 is 0. The Hall–Kier alpha value is -3.19. The van der Waals surface area contributed by atoms with Gasteiger partial charge in [0.1, 0.15) is 11.2 Å². The van der Waals surface area contributed by atoms with Gasteiger partial charge in [-0.1, -0.05) is 42.2 Å². The van der Waals surface area contributed by atoms with Crippen LogP contribution in [-0.4, -0.2) is 46.2 Å². The van der Waals surface area contributed by atoms with Crippen molar-refractivity contribution in [2.45, 2.75) is 52.0 Å². The number of aromatic nitrogens is 4. The Balaban J connectivity index is 1.36. The lowest BCUT2D eigenvalue weighted by Crippen LogP contribution is -2.38. The Morgan fingerprint density at radius 2 is 1.88 bits per heavy atom.